The molecule has 0 aliphatic heterocycles. The van der Waals surface area contributed by atoms with Crippen LogP contribution in [0.4, 0.5) is 11.4 Å². The van der Waals surface area contributed by atoms with Crippen LogP contribution in [0.25, 0.3) is 0 Å². The van der Waals surface area contributed by atoms with Gasteiger partial charge in [0.2, 0.25) is 5.91 Å². The molecule has 2 heteroatoms. The van der Waals surface area contributed by atoms with E-state index in [0.29, 0.717) is 0 Å². The number of carbonyl (C=O) groups is 1. The molecule has 0 spiro atoms. The van der Waals surface area contributed by atoms with E-state index in [1.807, 2.05) is 72.5 Å². The number of anilines is 2. The average molecular weight is 343 g/mol. The van der Waals surface area contributed by atoms with Crippen LogP contribution in [-0.2, 0) is 11.2 Å². The van der Waals surface area contributed by atoms with Crippen molar-refractivity contribution in [1.29, 1.82) is 0 Å². The molecule has 2 nitrogen and oxygen atoms in total. The summed E-state index contributed by atoms with van der Waals surface area (Å²) in [5, 5.41) is 0. The van der Waals surface area contributed by atoms with Crippen molar-refractivity contribution >= 4 is 17.3 Å². The van der Waals surface area contributed by atoms with Crippen LogP contribution in [0.1, 0.15) is 23.6 Å². The summed E-state index contributed by atoms with van der Waals surface area (Å²) >= 11 is 0. The minimum Gasteiger partial charge on any atom is -0.281 e. The van der Waals surface area contributed by atoms with Gasteiger partial charge in [-0.2, -0.15) is 0 Å². The van der Waals surface area contributed by atoms with E-state index < -0.39 is 0 Å². The molecule has 0 aromatic heterocycles. The minimum atomic E-state index is -0.116. The Bertz CT molecular complexity index is 811. The Morgan fingerprint density at radius 1 is 0.769 bits per heavy atom. The van der Waals surface area contributed by atoms with Crippen LogP contribution in [0.15, 0.2) is 78.9 Å². The monoisotopic (exact) mass is 343 g/mol. The van der Waals surface area contributed by atoms with Crippen molar-refractivity contribution in [3.63, 3.8) is 0 Å². The molecule has 132 valence electrons. The summed E-state index contributed by atoms with van der Waals surface area (Å²) in [6.07, 6.45) is 0.744. The van der Waals surface area contributed by atoms with E-state index in [1.54, 1.807) is 0 Å². The summed E-state index contributed by atoms with van der Waals surface area (Å²) in [6.45, 7) is 6.25. The Kier molecular flexibility index (Phi) is 5.52. The lowest BCUT2D eigenvalue weighted by molar-refractivity contribution is -0.121. The number of benzene rings is 3. The molecule has 3 aromatic rings. The molecule has 3 aromatic carbocycles. The molecule has 0 aliphatic carbocycles. The van der Waals surface area contributed by atoms with Crippen LogP contribution in [0.2, 0.25) is 0 Å². The second kappa shape index (κ2) is 8.01. The van der Waals surface area contributed by atoms with Gasteiger partial charge in [0.05, 0.1) is 0 Å². The van der Waals surface area contributed by atoms with Crippen molar-refractivity contribution in [2.75, 3.05) is 4.90 Å². The van der Waals surface area contributed by atoms with Crippen molar-refractivity contribution in [2.45, 2.75) is 27.2 Å². The fraction of sp³-hybridized carbons (Fsp3) is 0.208. The lowest BCUT2D eigenvalue weighted by atomic mass is 9.92. The molecule has 0 N–H and O–H groups in total. The van der Waals surface area contributed by atoms with Crippen LogP contribution >= 0.6 is 0 Å². The van der Waals surface area contributed by atoms with Gasteiger partial charge in [-0.1, -0.05) is 61.5 Å². The Morgan fingerprint density at radius 3 is 1.69 bits per heavy atom. The first-order chi connectivity index (χ1) is 12.6. The van der Waals surface area contributed by atoms with E-state index in [2.05, 4.69) is 32.0 Å². The molecule has 0 radical (unpaired) electrons. The maximum atomic E-state index is 13.4. The highest BCUT2D eigenvalue weighted by molar-refractivity contribution is 6.01. The highest BCUT2D eigenvalue weighted by Crippen LogP contribution is 2.28. The molecule has 26 heavy (non-hydrogen) atoms. The maximum Gasteiger partial charge on any atom is 0.234 e. The number of hydrogen-bond donors (Lipinski definition) is 0. The zero-order valence-electron chi connectivity index (χ0n) is 15.6. The second-order valence-electron chi connectivity index (χ2n) is 6.82. The van der Waals surface area contributed by atoms with Crippen LogP contribution in [0.3, 0.4) is 0 Å². The summed E-state index contributed by atoms with van der Waals surface area (Å²) < 4.78 is 0. The van der Waals surface area contributed by atoms with E-state index in [9.17, 15) is 4.79 Å². The van der Waals surface area contributed by atoms with Crippen LogP contribution in [0, 0.1) is 19.8 Å². The first-order valence-electron chi connectivity index (χ1n) is 9.07. The molecule has 0 bridgehead atoms. The standard InChI is InChI=1S/C24H25NO/c1-18-11-10-12-19(2)23(18)17-20(3)24(26)25(21-13-6-4-7-14-21)22-15-8-5-9-16-22/h4-16,20H,17H2,1-3H3/t20-/m0/s1. The SMILES string of the molecule is Cc1cccc(C)c1C[C@H](C)C(=O)N(c1ccccc1)c1ccccc1. The van der Waals surface area contributed by atoms with Crippen molar-refractivity contribution < 1.29 is 4.79 Å². The highest BCUT2D eigenvalue weighted by atomic mass is 16.2. The highest BCUT2D eigenvalue weighted by Gasteiger charge is 2.24. The third-order valence-corrected chi connectivity index (χ3v) is 4.83. The van der Waals surface area contributed by atoms with Gasteiger partial charge in [0.1, 0.15) is 0 Å². The number of amides is 1. The van der Waals surface area contributed by atoms with Crippen molar-refractivity contribution in [3.05, 3.63) is 95.6 Å². The fourth-order valence-corrected chi connectivity index (χ4v) is 3.34. The molecular formula is C24H25NO. The molecule has 1 atom stereocenters. The summed E-state index contributed by atoms with van der Waals surface area (Å²) in [4.78, 5) is 15.2. The van der Waals surface area contributed by atoms with Gasteiger partial charge in [0.15, 0.2) is 0 Å². The third kappa shape index (κ3) is 3.85. The lowest BCUT2D eigenvalue weighted by Gasteiger charge is -2.27. The van der Waals surface area contributed by atoms with Gasteiger partial charge in [-0.3, -0.25) is 9.69 Å². The summed E-state index contributed by atoms with van der Waals surface area (Å²) in [7, 11) is 0. The predicted octanol–water partition coefficient (Wildman–Crippen LogP) is 5.85. The Morgan fingerprint density at radius 2 is 1.23 bits per heavy atom. The van der Waals surface area contributed by atoms with Crippen LogP contribution in [0.5, 0.6) is 0 Å². The quantitative estimate of drug-likeness (QED) is 0.569. The summed E-state index contributed by atoms with van der Waals surface area (Å²) in [5.74, 6) is 0.000246. The Labute approximate surface area is 156 Å². The normalized spacial score (nSPS) is 11.8. The number of hydrogen-bond acceptors (Lipinski definition) is 1. The minimum absolute atomic E-state index is 0.116. The largest absolute Gasteiger partial charge is 0.281 e. The summed E-state index contributed by atoms with van der Waals surface area (Å²) in [6, 6.07) is 26.0. The molecule has 0 saturated carbocycles. The second-order valence-corrected chi connectivity index (χ2v) is 6.82. The maximum absolute atomic E-state index is 13.4. The van der Waals surface area contributed by atoms with E-state index in [-0.39, 0.29) is 11.8 Å². The lowest BCUT2D eigenvalue weighted by Crippen LogP contribution is -2.32. The van der Waals surface area contributed by atoms with Crippen LogP contribution in [-0.4, -0.2) is 5.91 Å². The number of nitrogens with zero attached hydrogens (tertiary/aromatic N) is 1. The zero-order valence-corrected chi connectivity index (χ0v) is 15.6. The predicted molar refractivity (Wildman–Crippen MR) is 109 cm³/mol. The fourth-order valence-electron chi connectivity index (χ4n) is 3.34. The molecule has 3 rings (SSSR count). The van der Waals surface area contributed by atoms with E-state index in [4.69, 9.17) is 0 Å². The number of aryl methyl sites for hydroxylation is 2. The van der Waals surface area contributed by atoms with Gasteiger partial charge in [0.25, 0.3) is 0 Å². The van der Waals surface area contributed by atoms with E-state index in [1.165, 1.54) is 16.7 Å². The Hall–Kier alpha value is -2.87. The number of para-hydroxylation sites is 2. The first-order valence-corrected chi connectivity index (χ1v) is 9.07. The van der Waals surface area contributed by atoms with E-state index in [0.717, 1.165) is 17.8 Å². The van der Waals surface area contributed by atoms with Gasteiger partial charge in [-0.05, 0) is 61.2 Å². The molecule has 0 fully saturated rings. The molecule has 0 saturated heterocycles. The number of rotatable bonds is 5. The van der Waals surface area contributed by atoms with E-state index >= 15 is 0 Å². The topological polar surface area (TPSA) is 20.3 Å². The first kappa shape index (κ1) is 17.9. The Balaban J connectivity index is 1.93. The molecule has 0 aliphatic rings. The van der Waals surface area contributed by atoms with Gasteiger partial charge < -0.3 is 0 Å². The number of carbonyl (C=O) groups excluding carboxylic acids is 1. The van der Waals surface area contributed by atoms with Crippen molar-refractivity contribution in [2.24, 2.45) is 5.92 Å². The smallest absolute Gasteiger partial charge is 0.234 e. The zero-order chi connectivity index (χ0) is 18.5. The average Bonchev–Trinajstić information content (AvgIpc) is 2.66. The molecule has 1 amide bonds. The van der Waals surface area contributed by atoms with Crippen LogP contribution < -0.4 is 4.90 Å². The van der Waals surface area contributed by atoms with Crippen molar-refractivity contribution in [3.8, 4) is 0 Å². The summed E-state index contributed by atoms with van der Waals surface area (Å²) in [5.41, 5.74) is 5.56. The third-order valence-electron chi connectivity index (χ3n) is 4.83. The van der Waals surface area contributed by atoms with Gasteiger partial charge >= 0.3 is 0 Å². The van der Waals surface area contributed by atoms with Gasteiger partial charge in [-0.25, -0.2) is 0 Å². The van der Waals surface area contributed by atoms with Gasteiger partial charge in [0, 0.05) is 17.3 Å². The molecular weight excluding hydrogens is 318 g/mol. The molecule has 0 heterocycles. The van der Waals surface area contributed by atoms with Crippen molar-refractivity contribution in [1.82, 2.24) is 0 Å². The molecule has 0 unspecified atom stereocenters. The van der Waals surface area contributed by atoms with Gasteiger partial charge in [-0.15, -0.1) is 0 Å².